The number of aromatic nitrogens is 3. The van der Waals surface area contributed by atoms with E-state index in [2.05, 4.69) is 15.6 Å². The van der Waals surface area contributed by atoms with Crippen molar-refractivity contribution in [1.29, 1.82) is 0 Å². The number of nitrogens with zero attached hydrogens (tertiary/aromatic N) is 3. The third kappa shape index (κ3) is 3.66. The lowest BCUT2D eigenvalue weighted by Crippen LogP contribution is -2.46. The van der Waals surface area contributed by atoms with Crippen molar-refractivity contribution < 1.29 is 9.90 Å². The summed E-state index contributed by atoms with van der Waals surface area (Å²) in [4.78, 5) is 12.2. The molecule has 0 saturated carbocycles. The normalized spacial score (nSPS) is 13.7. The molecule has 1 amide bonds. The van der Waals surface area contributed by atoms with E-state index in [0.29, 0.717) is 6.42 Å². The van der Waals surface area contributed by atoms with Crippen LogP contribution in [0.4, 0.5) is 0 Å². The predicted octanol–water partition coefficient (Wildman–Crippen LogP) is 1.55. The maximum absolute atomic E-state index is 12.2. The van der Waals surface area contributed by atoms with Gasteiger partial charge in [0.25, 0.3) is 5.91 Å². The lowest BCUT2D eigenvalue weighted by atomic mass is 9.95. The first kappa shape index (κ1) is 15.2. The van der Waals surface area contributed by atoms with E-state index in [9.17, 15) is 4.79 Å². The number of rotatable bonds is 6. The van der Waals surface area contributed by atoms with Crippen molar-refractivity contribution >= 4 is 5.91 Å². The van der Waals surface area contributed by atoms with Crippen LogP contribution in [0.5, 0.6) is 0 Å². The summed E-state index contributed by atoms with van der Waals surface area (Å²) >= 11 is 0. The second-order valence-corrected chi connectivity index (χ2v) is 5.23. The highest BCUT2D eigenvalue weighted by atomic mass is 16.3. The zero-order valence-corrected chi connectivity index (χ0v) is 12.3. The minimum absolute atomic E-state index is 0.0291. The molecule has 21 heavy (non-hydrogen) atoms. The van der Waals surface area contributed by atoms with Crippen LogP contribution in [-0.2, 0) is 0 Å². The van der Waals surface area contributed by atoms with Crippen molar-refractivity contribution in [3.05, 3.63) is 42.2 Å². The number of carbonyl (C=O) groups excluding carboxylic acids is 1. The average molecular weight is 288 g/mol. The van der Waals surface area contributed by atoms with E-state index in [0.717, 1.165) is 12.1 Å². The van der Waals surface area contributed by atoms with E-state index in [1.165, 1.54) is 0 Å². The van der Waals surface area contributed by atoms with Gasteiger partial charge in [0.1, 0.15) is 0 Å². The lowest BCUT2D eigenvalue weighted by Gasteiger charge is -2.28. The van der Waals surface area contributed by atoms with E-state index < -0.39 is 5.54 Å². The highest BCUT2D eigenvalue weighted by Gasteiger charge is 2.25. The fraction of sp³-hybridized carbons (Fsp3) is 0.400. The molecule has 0 radical (unpaired) electrons. The summed E-state index contributed by atoms with van der Waals surface area (Å²) < 4.78 is 1.56. The first-order chi connectivity index (χ1) is 10.1. The zero-order valence-electron chi connectivity index (χ0n) is 12.3. The summed E-state index contributed by atoms with van der Waals surface area (Å²) in [7, 11) is 0. The topological polar surface area (TPSA) is 80.0 Å². The Hall–Kier alpha value is -2.21. The van der Waals surface area contributed by atoms with E-state index in [4.69, 9.17) is 5.11 Å². The second kappa shape index (κ2) is 6.49. The molecular weight excluding hydrogens is 268 g/mol. The number of carbonyl (C=O) groups is 1. The zero-order chi connectivity index (χ0) is 15.3. The van der Waals surface area contributed by atoms with E-state index in [1.807, 2.05) is 44.2 Å². The van der Waals surface area contributed by atoms with Gasteiger partial charge in [-0.3, -0.25) is 4.79 Å². The van der Waals surface area contributed by atoms with E-state index >= 15 is 0 Å². The van der Waals surface area contributed by atoms with Crippen LogP contribution in [0.25, 0.3) is 5.69 Å². The quantitative estimate of drug-likeness (QED) is 0.845. The van der Waals surface area contributed by atoms with Crippen molar-refractivity contribution in [1.82, 2.24) is 20.3 Å². The smallest absolute Gasteiger partial charge is 0.273 e. The Morgan fingerprint density at radius 2 is 2.10 bits per heavy atom. The van der Waals surface area contributed by atoms with Gasteiger partial charge in [0.2, 0.25) is 0 Å². The summed E-state index contributed by atoms with van der Waals surface area (Å²) in [5.74, 6) is -0.282. The Labute approximate surface area is 123 Å². The van der Waals surface area contributed by atoms with Crippen molar-refractivity contribution in [2.24, 2.45) is 0 Å². The molecule has 0 fully saturated rings. The number of benzene rings is 1. The van der Waals surface area contributed by atoms with Crippen LogP contribution >= 0.6 is 0 Å². The number of nitrogens with one attached hydrogen (secondary N) is 1. The Kier molecular flexibility index (Phi) is 4.70. The number of aliphatic hydroxyl groups is 1. The third-order valence-electron chi connectivity index (χ3n) is 3.61. The fourth-order valence-corrected chi connectivity index (χ4v) is 1.99. The summed E-state index contributed by atoms with van der Waals surface area (Å²) in [5.41, 5.74) is 0.664. The van der Waals surface area contributed by atoms with E-state index in [-0.39, 0.29) is 18.2 Å². The fourth-order valence-electron chi connectivity index (χ4n) is 1.99. The number of hydrogen-bond acceptors (Lipinski definition) is 4. The average Bonchev–Trinajstić information content (AvgIpc) is 2.98. The summed E-state index contributed by atoms with van der Waals surface area (Å²) in [5, 5.41) is 19.9. The van der Waals surface area contributed by atoms with Gasteiger partial charge >= 0.3 is 0 Å². The molecule has 0 bridgehead atoms. The molecule has 2 N–H and O–H groups in total. The van der Waals surface area contributed by atoms with Gasteiger partial charge in [-0.1, -0.05) is 30.3 Å². The first-order valence-corrected chi connectivity index (χ1v) is 6.99. The van der Waals surface area contributed by atoms with Crippen LogP contribution in [0.15, 0.2) is 36.5 Å². The van der Waals surface area contributed by atoms with Crippen LogP contribution < -0.4 is 5.32 Å². The van der Waals surface area contributed by atoms with Gasteiger partial charge in [0, 0.05) is 12.1 Å². The van der Waals surface area contributed by atoms with Crippen LogP contribution in [0.2, 0.25) is 0 Å². The van der Waals surface area contributed by atoms with Gasteiger partial charge in [-0.2, -0.15) is 0 Å². The number of aliphatic hydroxyl groups excluding tert-OH is 1. The van der Waals surface area contributed by atoms with Gasteiger partial charge in [0.05, 0.1) is 11.9 Å². The van der Waals surface area contributed by atoms with Crippen LogP contribution in [0.1, 0.15) is 37.2 Å². The van der Waals surface area contributed by atoms with Crippen LogP contribution in [-0.4, -0.2) is 38.2 Å². The molecule has 2 aromatic rings. The van der Waals surface area contributed by atoms with Crippen LogP contribution in [0, 0.1) is 0 Å². The van der Waals surface area contributed by atoms with Gasteiger partial charge in [0.15, 0.2) is 5.69 Å². The Balaban J connectivity index is 2.12. The maximum atomic E-state index is 12.2. The molecule has 6 nitrogen and oxygen atoms in total. The molecule has 6 heteroatoms. The molecule has 1 heterocycles. The molecular formula is C15H20N4O2. The Morgan fingerprint density at radius 3 is 2.71 bits per heavy atom. The monoisotopic (exact) mass is 288 g/mol. The van der Waals surface area contributed by atoms with Crippen molar-refractivity contribution in [2.75, 3.05) is 6.61 Å². The van der Waals surface area contributed by atoms with Crippen molar-refractivity contribution in [2.45, 2.75) is 32.2 Å². The van der Waals surface area contributed by atoms with Crippen molar-refractivity contribution in [3.63, 3.8) is 0 Å². The van der Waals surface area contributed by atoms with Crippen molar-refractivity contribution in [3.8, 4) is 5.69 Å². The summed E-state index contributed by atoms with van der Waals surface area (Å²) in [6.07, 6.45) is 2.83. The lowest BCUT2D eigenvalue weighted by molar-refractivity contribution is 0.0881. The molecule has 1 unspecified atom stereocenters. The minimum Gasteiger partial charge on any atom is -0.396 e. The second-order valence-electron chi connectivity index (χ2n) is 5.23. The number of amides is 1. The maximum Gasteiger partial charge on any atom is 0.273 e. The molecule has 1 aromatic carbocycles. The molecule has 0 aliphatic heterocycles. The Bertz CT molecular complexity index is 597. The molecule has 112 valence electrons. The van der Waals surface area contributed by atoms with Crippen LogP contribution in [0.3, 0.4) is 0 Å². The summed E-state index contributed by atoms with van der Waals surface area (Å²) in [6.45, 7) is 3.90. The predicted molar refractivity (Wildman–Crippen MR) is 79.2 cm³/mol. The van der Waals surface area contributed by atoms with E-state index in [1.54, 1.807) is 10.9 Å². The van der Waals surface area contributed by atoms with Gasteiger partial charge in [-0.15, -0.1) is 5.10 Å². The number of para-hydroxylation sites is 1. The first-order valence-electron chi connectivity index (χ1n) is 6.99. The minimum atomic E-state index is -0.442. The van der Waals surface area contributed by atoms with Gasteiger partial charge in [-0.05, 0) is 31.9 Å². The SMILES string of the molecule is CCC(C)(CCO)NC(=O)c1cn(-c2ccccc2)nn1. The third-order valence-corrected chi connectivity index (χ3v) is 3.61. The molecule has 0 saturated heterocycles. The van der Waals surface area contributed by atoms with Gasteiger partial charge in [-0.25, -0.2) is 4.68 Å². The molecule has 0 spiro atoms. The molecule has 1 aromatic heterocycles. The highest BCUT2D eigenvalue weighted by Crippen LogP contribution is 2.15. The van der Waals surface area contributed by atoms with Gasteiger partial charge < -0.3 is 10.4 Å². The standard InChI is InChI=1S/C15H20N4O2/c1-3-15(2,9-10-20)16-14(21)13-11-19(18-17-13)12-7-5-4-6-8-12/h4-8,11,20H,3,9-10H2,1-2H3,(H,16,21). The molecule has 2 rings (SSSR count). The number of hydrogen-bond donors (Lipinski definition) is 2. The summed E-state index contributed by atoms with van der Waals surface area (Å²) in [6, 6.07) is 9.48. The molecule has 0 aliphatic rings. The molecule has 0 aliphatic carbocycles. The Morgan fingerprint density at radius 1 is 1.38 bits per heavy atom. The molecule has 1 atom stereocenters. The largest absolute Gasteiger partial charge is 0.396 e. The highest BCUT2D eigenvalue weighted by molar-refractivity contribution is 5.92.